The van der Waals surface area contributed by atoms with E-state index in [0.29, 0.717) is 0 Å². The number of halogens is 7. The van der Waals surface area contributed by atoms with Crippen LogP contribution in [0.15, 0.2) is 0 Å². The minimum atomic E-state index is -5.52. The van der Waals surface area contributed by atoms with E-state index in [4.69, 9.17) is 0 Å². The summed E-state index contributed by atoms with van der Waals surface area (Å²) in [6.45, 7) is 0. The molecule has 0 saturated heterocycles. The van der Waals surface area contributed by atoms with Crippen molar-refractivity contribution in [2.24, 2.45) is 5.92 Å². The summed E-state index contributed by atoms with van der Waals surface area (Å²) in [5, 5.41) is 0. The number of hydrogen-bond donors (Lipinski definition) is 0. The molecule has 1 aliphatic rings. The molecule has 11 heavy (non-hydrogen) atoms. The van der Waals surface area contributed by atoms with Gasteiger partial charge < -0.3 is 0 Å². The van der Waals surface area contributed by atoms with Crippen molar-refractivity contribution in [3.05, 3.63) is 0 Å². The molecular formula is C4HF7. The molecule has 0 aromatic rings. The molecule has 0 aromatic heterocycles. The second-order valence-electron chi connectivity index (χ2n) is 2.22. The maximum Gasteiger partial charge on any atom is 0.403 e. The predicted octanol–water partition coefficient (Wildman–Crippen LogP) is 2.45. The molecule has 0 radical (unpaired) electrons. The predicted molar refractivity (Wildman–Crippen MR) is 19.4 cm³/mol. The van der Waals surface area contributed by atoms with E-state index >= 15 is 0 Å². The van der Waals surface area contributed by atoms with E-state index in [1.165, 1.54) is 0 Å². The Kier molecular flexibility index (Phi) is 1.28. The van der Waals surface area contributed by atoms with Crippen LogP contribution in [0.25, 0.3) is 0 Å². The SMILES string of the molecule is FC(F)(F)C1C(F)(F)C1(F)F. The summed E-state index contributed by atoms with van der Waals surface area (Å²) in [6.07, 6.45) is -5.52. The molecule has 0 bridgehead atoms. The van der Waals surface area contributed by atoms with Crippen LogP contribution in [0.5, 0.6) is 0 Å². The average Bonchev–Trinajstić information content (AvgIpc) is 1.93. The van der Waals surface area contributed by atoms with Gasteiger partial charge >= 0.3 is 18.0 Å². The quantitative estimate of drug-likeness (QED) is 0.504. The Morgan fingerprint density at radius 1 is 0.818 bits per heavy atom. The van der Waals surface area contributed by atoms with Gasteiger partial charge in [0.1, 0.15) is 0 Å². The Hall–Kier alpha value is -0.490. The van der Waals surface area contributed by atoms with Gasteiger partial charge in [-0.15, -0.1) is 0 Å². The monoisotopic (exact) mass is 182 g/mol. The lowest BCUT2D eigenvalue weighted by Crippen LogP contribution is -2.16. The molecule has 1 saturated carbocycles. The van der Waals surface area contributed by atoms with Crippen molar-refractivity contribution in [3.63, 3.8) is 0 Å². The minimum absolute atomic E-state index is 3.79. The third kappa shape index (κ3) is 0.893. The third-order valence-electron chi connectivity index (χ3n) is 1.41. The van der Waals surface area contributed by atoms with Gasteiger partial charge in [0.25, 0.3) is 0 Å². The van der Waals surface area contributed by atoms with Gasteiger partial charge in [-0.2, -0.15) is 30.7 Å². The maximum atomic E-state index is 11.6. The lowest BCUT2D eigenvalue weighted by Gasteiger charge is -2.00. The van der Waals surface area contributed by atoms with Gasteiger partial charge in [0.2, 0.25) is 0 Å². The Bertz CT molecular complexity index is 163. The first-order valence-corrected chi connectivity index (χ1v) is 2.44. The summed E-state index contributed by atoms with van der Waals surface area (Å²) in [6, 6.07) is 0. The first-order chi connectivity index (χ1) is 4.62. The van der Waals surface area contributed by atoms with Crippen molar-refractivity contribution < 1.29 is 30.7 Å². The van der Waals surface area contributed by atoms with Crippen LogP contribution in [-0.4, -0.2) is 18.0 Å². The Morgan fingerprint density at radius 3 is 1.09 bits per heavy atom. The first kappa shape index (κ1) is 8.61. The fraction of sp³-hybridized carbons (Fsp3) is 1.00. The normalized spacial score (nSPS) is 28.6. The molecule has 1 fully saturated rings. The zero-order chi connectivity index (χ0) is 9.08. The zero-order valence-electron chi connectivity index (χ0n) is 4.72. The van der Waals surface area contributed by atoms with Gasteiger partial charge in [0, 0.05) is 0 Å². The first-order valence-electron chi connectivity index (χ1n) is 2.44. The van der Waals surface area contributed by atoms with Gasteiger partial charge in [-0.1, -0.05) is 0 Å². The Labute approximate surface area is 56.0 Å². The van der Waals surface area contributed by atoms with E-state index < -0.39 is 23.9 Å². The molecule has 0 aliphatic heterocycles. The largest absolute Gasteiger partial charge is 0.403 e. The van der Waals surface area contributed by atoms with Crippen molar-refractivity contribution in [1.29, 1.82) is 0 Å². The van der Waals surface area contributed by atoms with Crippen molar-refractivity contribution in [2.75, 3.05) is 0 Å². The second kappa shape index (κ2) is 1.64. The smallest absolute Gasteiger partial charge is 0.199 e. The third-order valence-corrected chi connectivity index (χ3v) is 1.41. The van der Waals surface area contributed by atoms with Crippen LogP contribution >= 0.6 is 0 Å². The molecule has 0 spiro atoms. The average molecular weight is 182 g/mol. The topological polar surface area (TPSA) is 0 Å². The van der Waals surface area contributed by atoms with E-state index in [1.807, 2.05) is 0 Å². The van der Waals surface area contributed by atoms with Gasteiger partial charge in [0.05, 0.1) is 0 Å². The van der Waals surface area contributed by atoms with Crippen LogP contribution in [0.4, 0.5) is 30.7 Å². The summed E-state index contributed by atoms with van der Waals surface area (Å²) in [4.78, 5) is 0. The molecule has 0 heterocycles. The van der Waals surface area contributed by atoms with Crippen molar-refractivity contribution >= 4 is 0 Å². The lowest BCUT2D eigenvalue weighted by atomic mass is 10.4. The molecule has 1 aliphatic carbocycles. The molecule has 1 rings (SSSR count). The molecule has 66 valence electrons. The summed E-state index contributed by atoms with van der Waals surface area (Å²) >= 11 is 0. The molecule has 0 aromatic carbocycles. The molecule has 0 unspecified atom stereocenters. The van der Waals surface area contributed by atoms with E-state index in [-0.39, 0.29) is 0 Å². The minimum Gasteiger partial charge on any atom is -0.199 e. The van der Waals surface area contributed by atoms with E-state index in [0.717, 1.165) is 0 Å². The van der Waals surface area contributed by atoms with E-state index in [2.05, 4.69) is 0 Å². The summed E-state index contributed by atoms with van der Waals surface area (Å²) in [7, 11) is 0. The van der Waals surface area contributed by atoms with Crippen molar-refractivity contribution in [1.82, 2.24) is 0 Å². The summed E-state index contributed by atoms with van der Waals surface area (Å²) in [5.41, 5.74) is 0. The Morgan fingerprint density at radius 2 is 1.09 bits per heavy atom. The van der Waals surface area contributed by atoms with E-state index in [1.54, 1.807) is 0 Å². The van der Waals surface area contributed by atoms with Gasteiger partial charge in [-0.25, -0.2) is 0 Å². The van der Waals surface area contributed by atoms with Crippen LogP contribution < -0.4 is 0 Å². The van der Waals surface area contributed by atoms with Crippen LogP contribution in [0, 0.1) is 5.92 Å². The zero-order valence-corrected chi connectivity index (χ0v) is 4.72. The molecule has 7 heteroatoms. The summed E-state index contributed by atoms with van der Waals surface area (Å²) in [5.74, 6) is -13.6. The van der Waals surface area contributed by atoms with Gasteiger partial charge in [-0.05, 0) is 0 Å². The van der Waals surface area contributed by atoms with Crippen LogP contribution in [-0.2, 0) is 0 Å². The highest BCUT2D eigenvalue weighted by molar-refractivity contribution is 5.16. The van der Waals surface area contributed by atoms with Crippen LogP contribution in [0.3, 0.4) is 0 Å². The number of alkyl halides is 7. The second-order valence-corrected chi connectivity index (χ2v) is 2.22. The van der Waals surface area contributed by atoms with Gasteiger partial charge in [0.15, 0.2) is 5.92 Å². The summed E-state index contributed by atoms with van der Waals surface area (Å²) < 4.78 is 80.2. The number of rotatable bonds is 0. The molecule has 0 amide bonds. The van der Waals surface area contributed by atoms with Crippen molar-refractivity contribution in [3.8, 4) is 0 Å². The molecule has 0 nitrogen and oxygen atoms in total. The molecule has 0 atom stereocenters. The van der Waals surface area contributed by atoms with Gasteiger partial charge in [-0.3, -0.25) is 0 Å². The highest BCUT2D eigenvalue weighted by atomic mass is 19.4. The van der Waals surface area contributed by atoms with Crippen molar-refractivity contribution in [2.45, 2.75) is 18.0 Å². The maximum absolute atomic E-state index is 11.6. The van der Waals surface area contributed by atoms with Crippen LogP contribution in [0.2, 0.25) is 0 Å². The van der Waals surface area contributed by atoms with Crippen LogP contribution in [0.1, 0.15) is 0 Å². The fourth-order valence-electron chi connectivity index (χ4n) is 0.753. The highest BCUT2D eigenvalue weighted by Gasteiger charge is 2.93. The Balaban J connectivity index is 2.84. The standard InChI is InChI=1S/C4HF7/c5-2(6)1(3(2,7)8)4(9,10)11/h1H. The fourth-order valence-corrected chi connectivity index (χ4v) is 0.753. The molecular weight excluding hydrogens is 181 g/mol. The number of hydrogen-bond acceptors (Lipinski definition) is 0. The molecule has 0 N–H and O–H groups in total. The van der Waals surface area contributed by atoms with E-state index in [9.17, 15) is 30.7 Å². The highest BCUT2D eigenvalue weighted by Crippen LogP contribution is 2.68. The lowest BCUT2D eigenvalue weighted by molar-refractivity contribution is -0.173.